The molecule has 5 nitrogen and oxygen atoms in total. The molecule has 1 fully saturated rings. The highest BCUT2D eigenvalue weighted by Gasteiger charge is 2.32. The second kappa shape index (κ2) is 9.67. The van der Waals surface area contributed by atoms with E-state index in [1.54, 1.807) is 12.1 Å². The largest absolute Gasteiger partial charge is 0.573 e. The van der Waals surface area contributed by atoms with E-state index in [-0.39, 0.29) is 34.6 Å². The monoisotopic (exact) mass is 450 g/mol. The third kappa shape index (κ3) is 6.24. The van der Waals surface area contributed by atoms with Gasteiger partial charge in [-0.05, 0) is 37.6 Å². The van der Waals surface area contributed by atoms with Crippen molar-refractivity contribution in [2.45, 2.75) is 31.3 Å². The third-order valence-electron chi connectivity index (χ3n) is 4.33. The number of ether oxygens (including phenoxy) is 1. The fraction of sp³-hybridized carbons (Fsp3) is 0.316. The molecule has 0 unspecified atom stereocenters. The minimum atomic E-state index is -4.83. The predicted molar refractivity (Wildman–Crippen MR) is 106 cm³/mol. The summed E-state index contributed by atoms with van der Waals surface area (Å²) in [6.45, 7) is 0.537. The second-order valence-corrected chi connectivity index (χ2v) is 6.82. The van der Waals surface area contributed by atoms with E-state index in [4.69, 9.17) is 11.6 Å². The molecule has 29 heavy (non-hydrogen) atoms. The number of alkyl halides is 3. The molecule has 1 aliphatic rings. The molecule has 3 N–H and O–H groups in total. The summed E-state index contributed by atoms with van der Waals surface area (Å²) in [5.41, 5.74) is 0.917. The van der Waals surface area contributed by atoms with Crippen LogP contribution < -0.4 is 15.4 Å². The summed E-state index contributed by atoms with van der Waals surface area (Å²) in [5, 5.41) is 15.6. The minimum absolute atomic E-state index is 0. The first kappa shape index (κ1) is 23.3. The summed E-state index contributed by atoms with van der Waals surface area (Å²) < 4.78 is 41.9. The number of halogens is 5. The number of amides is 1. The Labute approximate surface area is 176 Å². The molecule has 0 saturated carbocycles. The van der Waals surface area contributed by atoms with Crippen LogP contribution in [0.15, 0.2) is 42.5 Å². The fourth-order valence-electron chi connectivity index (χ4n) is 3.04. The average molecular weight is 451 g/mol. The van der Waals surface area contributed by atoms with Crippen LogP contribution in [0.5, 0.6) is 5.75 Å². The molecule has 2 aromatic rings. The SMILES string of the molecule is Cl.O=C(Nc1ccc(-c2ccccc2OC(F)(F)F)c(Cl)c1)[C@H]1C[C@@H](O)CCN1. The highest BCUT2D eigenvalue weighted by Crippen LogP contribution is 2.38. The van der Waals surface area contributed by atoms with Crippen LogP contribution in [0.3, 0.4) is 0 Å². The highest BCUT2D eigenvalue weighted by atomic mass is 35.5. The number of nitrogens with one attached hydrogen (secondary N) is 2. The van der Waals surface area contributed by atoms with Crippen molar-refractivity contribution in [2.24, 2.45) is 0 Å². The van der Waals surface area contributed by atoms with Crippen LogP contribution in [0, 0.1) is 0 Å². The first-order valence-electron chi connectivity index (χ1n) is 8.60. The molecule has 158 valence electrons. The summed E-state index contributed by atoms with van der Waals surface area (Å²) in [5.74, 6) is -0.683. The lowest BCUT2D eigenvalue weighted by Gasteiger charge is -2.26. The number of hydrogen-bond donors (Lipinski definition) is 3. The maximum absolute atomic E-state index is 12.6. The lowest BCUT2D eigenvalue weighted by molar-refractivity contribution is -0.274. The molecule has 2 atom stereocenters. The van der Waals surface area contributed by atoms with Gasteiger partial charge in [-0.1, -0.05) is 35.9 Å². The van der Waals surface area contributed by atoms with Crippen LogP contribution in [0.4, 0.5) is 18.9 Å². The molecule has 2 aromatic carbocycles. The fourth-order valence-corrected chi connectivity index (χ4v) is 3.32. The number of rotatable bonds is 4. The van der Waals surface area contributed by atoms with Crippen LogP contribution in [0.25, 0.3) is 11.1 Å². The molecule has 1 saturated heterocycles. The van der Waals surface area contributed by atoms with Crippen molar-refractivity contribution in [1.29, 1.82) is 0 Å². The number of aliphatic hydroxyl groups excluding tert-OH is 1. The first-order chi connectivity index (χ1) is 13.2. The summed E-state index contributed by atoms with van der Waals surface area (Å²) in [6, 6.07) is 9.66. The van der Waals surface area contributed by atoms with Gasteiger partial charge in [0, 0.05) is 16.8 Å². The molecule has 0 radical (unpaired) electrons. The lowest BCUT2D eigenvalue weighted by atomic mass is 10.0. The Morgan fingerprint density at radius 2 is 1.93 bits per heavy atom. The van der Waals surface area contributed by atoms with E-state index < -0.39 is 18.5 Å². The summed E-state index contributed by atoms with van der Waals surface area (Å²) >= 11 is 6.26. The number of benzene rings is 2. The first-order valence-corrected chi connectivity index (χ1v) is 8.98. The summed E-state index contributed by atoms with van der Waals surface area (Å²) in [4.78, 5) is 12.3. The molecule has 0 aromatic heterocycles. The van der Waals surface area contributed by atoms with Gasteiger partial charge in [-0.25, -0.2) is 0 Å². The smallest absolute Gasteiger partial charge is 0.405 e. The molecule has 1 heterocycles. The Balaban J connectivity index is 0.00000300. The van der Waals surface area contributed by atoms with E-state index in [0.29, 0.717) is 30.6 Å². The van der Waals surface area contributed by atoms with Gasteiger partial charge in [0.15, 0.2) is 0 Å². The van der Waals surface area contributed by atoms with Gasteiger partial charge in [-0.3, -0.25) is 4.79 Å². The van der Waals surface area contributed by atoms with Gasteiger partial charge in [0.25, 0.3) is 0 Å². The van der Waals surface area contributed by atoms with Gasteiger partial charge >= 0.3 is 6.36 Å². The van der Waals surface area contributed by atoms with Crippen molar-refractivity contribution in [3.05, 3.63) is 47.5 Å². The van der Waals surface area contributed by atoms with Gasteiger partial charge in [0.05, 0.1) is 17.2 Å². The lowest BCUT2D eigenvalue weighted by Crippen LogP contribution is -2.47. The number of hydrogen-bond acceptors (Lipinski definition) is 4. The Morgan fingerprint density at radius 3 is 2.59 bits per heavy atom. The molecule has 10 heteroatoms. The van der Waals surface area contributed by atoms with Crippen molar-refractivity contribution in [3.63, 3.8) is 0 Å². The van der Waals surface area contributed by atoms with E-state index >= 15 is 0 Å². The van der Waals surface area contributed by atoms with Crippen molar-refractivity contribution >= 4 is 35.6 Å². The molecule has 0 spiro atoms. The summed E-state index contributed by atoms with van der Waals surface area (Å²) in [7, 11) is 0. The number of para-hydroxylation sites is 1. The Morgan fingerprint density at radius 1 is 1.21 bits per heavy atom. The molecule has 0 bridgehead atoms. The normalized spacial score (nSPS) is 19.2. The number of carbonyl (C=O) groups is 1. The third-order valence-corrected chi connectivity index (χ3v) is 4.64. The van der Waals surface area contributed by atoms with E-state index in [2.05, 4.69) is 15.4 Å². The minimum Gasteiger partial charge on any atom is -0.405 e. The van der Waals surface area contributed by atoms with Gasteiger partial charge in [0.1, 0.15) is 5.75 Å². The maximum Gasteiger partial charge on any atom is 0.573 e. The Hall–Kier alpha value is -2.00. The van der Waals surface area contributed by atoms with Crippen LogP contribution in [0.2, 0.25) is 5.02 Å². The van der Waals surface area contributed by atoms with Gasteiger partial charge in [-0.2, -0.15) is 0 Å². The maximum atomic E-state index is 12.6. The summed E-state index contributed by atoms with van der Waals surface area (Å²) in [6.07, 6.45) is -4.47. The number of piperidine rings is 1. The predicted octanol–water partition coefficient (Wildman–Crippen LogP) is 4.38. The van der Waals surface area contributed by atoms with Crippen LogP contribution in [-0.4, -0.2) is 36.1 Å². The molecular weight excluding hydrogens is 432 g/mol. The van der Waals surface area contributed by atoms with Crippen molar-refractivity contribution in [2.75, 3.05) is 11.9 Å². The van der Waals surface area contributed by atoms with Crippen LogP contribution >= 0.6 is 24.0 Å². The second-order valence-electron chi connectivity index (χ2n) is 6.41. The van der Waals surface area contributed by atoms with Crippen LogP contribution in [-0.2, 0) is 4.79 Å². The topological polar surface area (TPSA) is 70.6 Å². The van der Waals surface area contributed by atoms with Crippen LogP contribution in [0.1, 0.15) is 12.8 Å². The zero-order valence-electron chi connectivity index (χ0n) is 15.0. The van der Waals surface area contributed by atoms with Gasteiger partial charge in [-0.15, -0.1) is 25.6 Å². The van der Waals surface area contributed by atoms with Gasteiger partial charge < -0.3 is 20.5 Å². The van der Waals surface area contributed by atoms with Gasteiger partial charge in [0.2, 0.25) is 5.91 Å². The van der Waals surface area contributed by atoms with E-state index in [1.807, 2.05) is 0 Å². The Kier molecular flexibility index (Phi) is 7.76. The van der Waals surface area contributed by atoms with E-state index in [9.17, 15) is 23.1 Å². The van der Waals surface area contributed by atoms with Crippen molar-refractivity contribution < 1.29 is 27.8 Å². The Bertz CT molecular complexity index is 865. The molecule has 0 aliphatic carbocycles. The highest BCUT2D eigenvalue weighted by molar-refractivity contribution is 6.33. The molecule has 1 amide bonds. The standard InChI is InChI=1S/C19H18ClF3N2O3.ClH/c20-15-9-11(25-18(27)16-10-12(26)7-8-24-16)5-6-13(15)14-3-1-2-4-17(14)28-19(21,22)23;/h1-6,9,12,16,24,26H,7-8,10H2,(H,25,27);1H/t12-,16+;/m0./s1. The zero-order chi connectivity index (χ0) is 20.3. The van der Waals surface area contributed by atoms with Crippen molar-refractivity contribution in [1.82, 2.24) is 5.32 Å². The number of anilines is 1. The van der Waals surface area contributed by atoms with E-state index in [1.165, 1.54) is 30.3 Å². The molecular formula is C19H19Cl2F3N2O3. The number of carbonyl (C=O) groups excluding carboxylic acids is 1. The van der Waals surface area contributed by atoms with E-state index in [0.717, 1.165) is 0 Å². The zero-order valence-corrected chi connectivity index (χ0v) is 16.6. The molecule has 1 aliphatic heterocycles. The van der Waals surface area contributed by atoms with Crippen molar-refractivity contribution in [3.8, 4) is 16.9 Å². The quantitative estimate of drug-likeness (QED) is 0.646. The molecule has 3 rings (SSSR count). The average Bonchev–Trinajstić information content (AvgIpc) is 2.61. The number of aliphatic hydroxyl groups is 1.